The third-order valence-electron chi connectivity index (χ3n) is 4.30. The van der Waals surface area contributed by atoms with Crippen molar-refractivity contribution >= 4 is 11.8 Å². The molecule has 0 radical (unpaired) electrons. The predicted molar refractivity (Wildman–Crippen MR) is 69.4 cm³/mol. The van der Waals surface area contributed by atoms with E-state index in [-0.39, 0.29) is 0 Å². The van der Waals surface area contributed by atoms with Crippen molar-refractivity contribution in [3.05, 3.63) is 0 Å². The SMILES string of the molecule is CC(C)CC1CNCCC12CCSCC2. The van der Waals surface area contributed by atoms with E-state index < -0.39 is 0 Å². The summed E-state index contributed by atoms with van der Waals surface area (Å²) in [5, 5.41) is 3.60. The third kappa shape index (κ3) is 2.71. The van der Waals surface area contributed by atoms with Crippen LogP contribution in [0.25, 0.3) is 0 Å². The molecule has 2 heteroatoms. The number of piperidine rings is 1. The lowest BCUT2D eigenvalue weighted by Gasteiger charge is -2.47. The fourth-order valence-corrected chi connectivity index (χ4v) is 4.68. The van der Waals surface area contributed by atoms with Gasteiger partial charge in [0, 0.05) is 0 Å². The summed E-state index contributed by atoms with van der Waals surface area (Å²) in [5.74, 6) is 4.64. The summed E-state index contributed by atoms with van der Waals surface area (Å²) in [5.41, 5.74) is 0.723. The van der Waals surface area contributed by atoms with E-state index in [1.807, 2.05) is 0 Å². The van der Waals surface area contributed by atoms with Gasteiger partial charge in [-0.25, -0.2) is 0 Å². The third-order valence-corrected chi connectivity index (χ3v) is 5.29. The van der Waals surface area contributed by atoms with Gasteiger partial charge in [-0.3, -0.25) is 0 Å². The minimum atomic E-state index is 0.723. The van der Waals surface area contributed by atoms with Gasteiger partial charge in [-0.1, -0.05) is 13.8 Å². The summed E-state index contributed by atoms with van der Waals surface area (Å²) in [6.07, 6.45) is 5.83. The summed E-state index contributed by atoms with van der Waals surface area (Å²) >= 11 is 2.16. The first-order valence-electron chi connectivity index (χ1n) is 6.51. The average Bonchev–Trinajstić information content (AvgIpc) is 2.23. The monoisotopic (exact) mass is 227 g/mol. The zero-order valence-electron chi connectivity index (χ0n) is 10.2. The van der Waals surface area contributed by atoms with E-state index in [0.29, 0.717) is 0 Å². The minimum absolute atomic E-state index is 0.723. The normalized spacial score (nSPS) is 31.0. The standard InChI is InChI=1S/C13H25NS/c1-11(2)9-12-10-14-6-3-13(12)4-7-15-8-5-13/h11-12,14H,3-10H2,1-2H3. The second kappa shape index (κ2) is 5.09. The Hall–Kier alpha value is 0.310. The Kier molecular flexibility index (Phi) is 4.00. The number of nitrogens with one attached hydrogen (secondary N) is 1. The van der Waals surface area contributed by atoms with E-state index in [1.165, 1.54) is 50.3 Å². The summed E-state index contributed by atoms with van der Waals surface area (Å²) < 4.78 is 0. The van der Waals surface area contributed by atoms with Gasteiger partial charge in [-0.2, -0.15) is 11.8 Å². The highest BCUT2D eigenvalue weighted by Gasteiger charge is 2.41. The Balaban J connectivity index is 2.03. The van der Waals surface area contributed by atoms with Crippen molar-refractivity contribution in [2.45, 2.75) is 39.5 Å². The number of thioether (sulfide) groups is 1. The lowest BCUT2D eigenvalue weighted by Crippen LogP contribution is -2.47. The molecule has 0 bridgehead atoms. The van der Waals surface area contributed by atoms with Crippen LogP contribution in [-0.2, 0) is 0 Å². The zero-order chi connectivity index (χ0) is 10.7. The van der Waals surface area contributed by atoms with Gasteiger partial charge in [-0.05, 0) is 67.5 Å². The van der Waals surface area contributed by atoms with E-state index >= 15 is 0 Å². The second-order valence-electron chi connectivity index (χ2n) is 5.76. The summed E-state index contributed by atoms with van der Waals surface area (Å²) in [6.45, 7) is 7.29. The smallest absolute Gasteiger partial charge is 0.00151 e. The van der Waals surface area contributed by atoms with Crippen molar-refractivity contribution in [2.24, 2.45) is 17.3 Å². The lowest BCUT2D eigenvalue weighted by atomic mass is 9.64. The first-order chi connectivity index (χ1) is 7.23. The van der Waals surface area contributed by atoms with Gasteiger partial charge in [0.15, 0.2) is 0 Å². The van der Waals surface area contributed by atoms with Crippen molar-refractivity contribution in [3.63, 3.8) is 0 Å². The molecule has 15 heavy (non-hydrogen) atoms. The molecule has 1 unspecified atom stereocenters. The van der Waals surface area contributed by atoms with E-state index in [4.69, 9.17) is 0 Å². The van der Waals surface area contributed by atoms with Gasteiger partial charge in [0.25, 0.3) is 0 Å². The molecule has 2 aliphatic rings. The fourth-order valence-electron chi connectivity index (χ4n) is 3.37. The van der Waals surface area contributed by atoms with Crippen molar-refractivity contribution in [2.75, 3.05) is 24.6 Å². The van der Waals surface area contributed by atoms with Crippen LogP contribution in [0.4, 0.5) is 0 Å². The molecule has 88 valence electrons. The van der Waals surface area contributed by atoms with Crippen LogP contribution in [0.3, 0.4) is 0 Å². The predicted octanol–water partition coefficient (Wildman–Crippen LogP) is 3.16. The van der Waals surface area contributed by atoms with Gasteiger partial charge in [-0.15, -0.1) is 0 Å². The van der Waals surface area contributed by atoms with E-state index in [0.717, 1.165) is 17.3 Å². The highest BCUT2D eigenvalue weighted by atomic mass is 32.2. The first-order valence-corrected chi connectivity index (χ1v) is 7.67. The van der Waals surface area contributed by atoms with Crippen LogP contribution in [0.15, 0.2) is 0 Å². The van der Waals surface area contributed by atoms with E-state index in [9.17, 15) is 0 Å². The maximum Gasteiger partial charge on any atom is -0.00151 e. The highest BCUT2D eigenvalue weighted by molar-refractivity contribution is 7.99. The Morgan fingerprint density at radius 1 is 1.27 bits per heavy atom. The molecule has 1 spiro atoms. The maximum absolute atomic E-state index is 3.60. The van der Waals surface area contributed by atoms with Crippen LogP contribution in [0, 0.1) is 17.3 Å². The summed E-state index contributed by atoms with van der Waals surface area (Å²) in [6, 6.07) is 0. The highest BCUT2D eigenvalue weighted by Crippen LogP contribution is 2.47. The number of hydrogen-bond donors (Lipinski definition) is 1. The van der Waals surface area contributed by atoms with Crippen LogP contribution >= 0.6 is 11.8 Å². The summed E-state index contributed by atoms with van der Waals surface area (Å²) in [7, 11) is 0. The molecule has 1 nitrogen and oxygen atoms in total. The van der Waals surface area contributed by atoms with Crippen LogP contribution in [-0.4, -0.2) is 24.6 Å². The molecule has 1 N–H and O–H groups in total. The van der Waals surface area contributed by atoms with Crippen molar-refractivity contribution < 1.29 is 0 Å². The number of hydrogen-bond acceptors (Lipinski definition) is 2. The molecule has 0 amide bonds. The topological polar surface area (TPSA) is 12.0 Å². The van der Waals surface area contributed by atoms with Crippen LogP contribution in [0.2, 0.25) is 0 Å². The maximum atomic E-state index is 3.60. The largest absolute Gasteiger partial charge is 0.316 e. The zero-order valence-corrected chi connectivity index (χ0v) is 11.0. The van der Waals surface area contributed by atoms with E-state index in [2.05, 4.69) is 30.9 Å². The lowest BCUT2D eigenvalue weighted by molar-refractivity contribution is 0.0788. The Morgan fingerprint density at radius 2 is 2.00 bits per heavy atom. The minimum Gasteiger partial charge on any atom is -0.316 e. The Labute approximate surface area is 98.8 Å². The Bertz CT molecular complexity index is 188. The molecule has 2 rings (SSSR count). The second-order valence-corrected chi connectivity index (χ2v) is 6.98. The van der Waals surface area contributed by atoms with Crippen LogP contribution in [0.1, 0.15) is 39.5 Å². The van der Waals surface area contributed by atoms with Crippen LogP contribution < -0.4 is 5.32 Å². The molecule has 0 aromatic heterocycles. The molecule has 0 saturated carbocycles. The van der Waals surface area contributed by atoms with Gasteiger partial charge in [0.2, 0.25) is 0 Å². The quantitative estimate of drug-likeness (QED) is 0.778. The molecular weight excluding hydrogens is 202 g/mol. The van der Waals surface area contributed by atoms with Crippen LogP contribution in [0.5, 0.6) is 0 Å². The van der Waals surface area contributed by atoms with Gasteiger partial charge >= 0.3 is 0 Å². The van der Waals surface area contributed by atoms with Gasteiger partial charge in [0.05, 0.1) is 0 Å². The Morgan fingerprint density at radius 3 is 2.67 bits per heavy atom. The summed E-state index contributed by atoms with van der Waals surface area (Å²) in [4.78, 5) is 0. The molecule has 2 fully saturated rings. The molecular formula is C13H25NS. The fraction of sp³-hybridized carbons (Fsp3) is 1.00. The van der Waals surface area contributed by atoms with E-state index in [1.54, 1.807) is 0 Å². The molecule has 2 heterocycles. The van der Waals surface area contributed by atoms with Gasteiger partial charge < -0.3 is 5.32 Å². The average molecular weight is 227 g/mol. The molecule has 1 atom stereocenters. The van der Waals surface area contributed by atoms with Gasteiger partial charge in [0.1, 0.15) is 0 Å². The first kappa shape index (κ1) is 11.8. The molecule has 0 aromatic rings. The molecule has 2 saturated heterocycles. The number of rotatable bonds is 2. The molecule has 0 aliphatic carbocycles. The van der Waals surface area contributed by atoms with Crippen molar-refractivity contribution in [3.8, 4) is 0 Å². The molecule has 0 aromatic carbocycles. The van der Waals surface area contributed by atoms with Crippen molar-refractivity contribution in [1.82, 2.24) is 5.32 Å². The van der Waals surface area contributed by atoms with Crippen molar-refractivity contribution in [1.29, 1.82) is 0 Å². The molecule has 2 aliphatic heterocycles.